The van der Waals surface area contributed by atoms with Gasteiger partial charge in [0.15, 0.2) is 0 Å². The van der Waals surface area contributed by atoms with Gasteiger partial charge in [0.2, 0.25) is 0 Å². The van der Waals surface area contributed by atoms with Gasteiger partial charge in [-0.05, 0) is 106 Å². The number of benzene rings is 3. The quantitative estimate of drug-likeness (QED) is 0.0328. The van der Waals surface area contributed by atoms with E-state index < -0.39 is 0 Å². The van der Waals surface area contributed by atoms with Crippen LogP contribution >= 0.6 is 0 Å². The van der Waals surface area contributed by atoms with Crippen LogP contribution in [0.3, 0.4) is 0 Å². The van der Waals surface area contributed by atoms with E-state index in [0.717, 1.165) is 83.8 Å². The molecule has 0 aliphatic carbocycles. The molecule has 3 aromatic carbocycles. The molecule has 1 heterocycles. The van der Waals surface area contributed by atoms with Crippen LogP contribution < -0.4 is 9.47 Å². The molecule has 4 aromatic rings. The minimum atomic E-state index is 0.772. The first-order valence-electron chi connectivity index (χ1n) is 28.4. The molecule has 0 aliphatic rings. The van der Waals surface area contributed by atoms with Crippen molar-refractivity contribution in [3.8, 4) is 33.8 Å². The number of hydrogen-bond donors (Lipinski definition) is 0. The summed E-state index contributed by atoms with van der Waals surface area (Å²) in [5, 5.41) is 10.3. The molecule has 0 atom stereocenters. The Kier molecular flexibility index (Phi) is 31.6. The maximum Gasteiger partial charge on any atom is 0.121 e. The molecule has 0 fully saturated rings. The van der Waals surface area contributed by atoms with E-state index in [1.54, 1.807) is 0 Å². The van der Waals surface area contributed by atoms with Crippen LogP contribution in [0.15, 0.2) is 85.0 Å². The number of unbranched alkanes of at least 4 members (excludes halogenated alkanes) is 29. The second-order valence-electron chi connectivity index (χ2n) is 19.5. The van der Waals surface area contributed by atoms with Crippen molar-refractivity contribution in [2.24, 2.45) is 0 Å². The number of rotatable bonds is 43. The van der Waals surface area contributed by atoms with Crippen molar-refractivity contribution in [2.45, 2.75) is 246 Å². The Bertz CT molecular complexity index is 1700. The molecule has 5 heteroatoms. The van der Waals surface area contributed by atoms with E-state index in [9.17, 15) is 0 Å². The monoisotopic (exact) mass is 916 g/mol. The Labute approximate surface area is 411 Å². The highest BCUT2D eigenvalue weighted by Gasteiger charge is 2.16. The van der Waals surface area contributed by atoms with E-state index in [0.29, 0.717) is 0 Å². The highest BCUT2D eigenvalue weighted by molar-refractivity contribution is 6.00. The minimum Gasteiger partial charge on any atom is -0.494 e. The maximum absolute atomic E-state index is 6.20. The smallest absolute Gasteiger partial charge is 0.121 e. The fourth-order valence-corrected chi connectivity index (χ4v) is 9.18. The Morgan fingerprint density at radius 2 is 0.642 bits per heavy atom. The molecule has 5 nitrogen and oxygen atoms in total. The predicted octanol–water partition coefficient (Wildman–Crippen LogP) is 20.0. The van der Waals surface area contributed by atoms with Gasteiger partial charge >= 0.3 is 0 Å². The van der Waals surface area contributed by atoms with Crippen molar-refractivity contribution in [1.82, 2.24) is 15.0 Å². The maximum atomic E-state index is 6.20. The lowest BCUT2D eigenvalue weighted by atomic mass is 9.98. The lowest BCUT2D eigenvalue weighted by molar-refractivity contribution is 0.304. The van der Waals surface area contributed by atoms with Crippen LogP contribution in [-0.2, 0) is 6.54 Å². The Morgan fingerprint density at radius 1 is 0.343 bits per heavy atom. The van der Waals surface area contributed by atoms with Crippen molar-refractivity contribution in [2.75, 3.05) is 13.2 Å². The number of fused-ring (bicyclic) bond motifs is 1. The summed E-state index contributed by atoms with van der Waals surface area (Å²) < 4.78 is 12.4. The van der Waals surface area contributed by atoms with Crippen molar-refractivity contribution in [1.29, 1.82) is 0 Å². The third-order valence-electron chi connectivity index (χ3n) is 13.5. The number of ether oxygens (including phenoxy) is 2. The molecule has 0 saturated carbocycles. The molecular weight excluding hydrogens is 819 g/mol. The molecule has 4 rings (SSSR count). The average Bonchev–Trinajstić information content (AvgIpc) is 3.79. The van der Waals surface area contributed by atoms with Gasteiger partial charge in [0, 0.05) is 11.1 Å². The van der Waals surface area contributed by atoms with Crippen molar-refractivity contribution in [3.63, 3.8) is 0 Å². The summed E-state index contributed by atoms with van der Waals surface area (Å²) in [5.74, 6) is 1.87. The largest absolute Gasteiger partial charge is 0.494 e. The number of aryl methyl sites for hydroxylation is 1. The van der Waals surface area contributed by atoms with Crippen molar-refractivity contribution >= 4 is 11.0 Å². The van der Waals surface area contributed by atoms with Crippen LogP contribution in [0.25, 0.3) is 33.3 Å². The molecule has 0 saturated heterocycles. The summed E-state index contributed by atoms with van der Waals surface area (Å²) >= 11 is 0. The van der Waals surface area contributed by atoms with E-state index in [1.807, 2.05) is 4.80 Å². The number of hydrogen-bond acceptors (Lipinski definition) is 4. The molecule has 0 N–H and O–H groups in total. The van der Waals surface area contributed by atoms with E-state index >= 15 is 0 Å². The van der Waals surface area contributed by atoms with Gasteiger partial charge in [0.25, 0.3) is 0 Å². The Balaban J connectivity index is 1.18. The highest BCUT2D eigenvalue weighted by atomic mass is 16.5. The molecule has 0 unspecified atom stereocenters. The summed E-state index contributed by atoms with van der Waals surface area (Å²) in [5.41, 5.74) is 6.43. The van der Waals surface area contributed by atoms with Gasteiger partial charge in [-0.3, -0.25) is 0 Å². The number of nitrogens with zero attached hydrogens (tertiary/aromatic N) is 3. The zero-order chi connectivity index (χ0) is 47.1. The van der Waals surface area contributed by atoms with Gasteiger partial charge in [-0.25, -0.2) is 0 Å². The summed E-state index contributed by atoms with van der Waals surface area (Å²) in [7, 11) is 0. The Morgan fingerprint density at radius 3 is 0.985 bits per heavy atom. The zero-order valence-corrected chi connectivity index (χ0v) is 43.4. The van der Waals surface area contributed by atoms with Gasteiger partial charge in [-0.1, -0.05) is 229 Å². The molecule has 372 valence electrons. The first kappa shape index (κ1) is 55.7. The second-order valence-corrected chi connectivity index (χ2v) is 19.5. The minimum absolute atomic E-state index is 0.772. The van der Waals surface area contributed by atoms with Crippen LogP contribution in [0.4, 0.5) is 0 Å². The third-order valence-corrected chi connectivity index (χ3v) is 13.5. The van der Waals surface area contributed by atoms with Gasteiger partial charge in [0.05, 0.1) is 19.8 Å². The molecule has 1 aromatic heterocycles. The fraction of sp³-hybridized carbons (Fsp3) is 0.645. The fourth-order valence-electron chi connectivity index (χ4n) is 9.18. The normalized spacial score (nSPS) is 11.8. The number of allylic oxidation sites excluding steroid dienone is 4. The van der Waals surface area contributed by atoms with Crippen molar-refractivity contribution in [3.05, 3.63) is 85.0 Å². The van der Waals surface area contributed by atoms with Gasteiger partial charge in [-0.2, -0.15) is 15.0 Å². The van der Waals surface area contributed by atoms with Gasteiger partial charge in [0.1, 0.15) is 22.5 Å². The lowest BCUT2D eigenvalue weighted by Gasteiger charge is -2.10. The summed E-state index contributed by atoms with van der Waals surface area (Å²) in [6.07, 6.45) is 54.1. The first-order chi connectivity index (χ1) is 33.2. The molecule has 0 aliphatic heterocycles. The highest BCUT2D eigenvalue weighted by Crippen LogP contribution is 2.35. The summed E-state index contributed by atoms with van der Waals surface area (Å²) in [6.45, 7) is 9.24. The topological polar surface area (TPSA) is 49.2 Å². The SMILES string of the molecule is CCCCCCCC/C=C\CCCCCCCCOc1ccc(-c2ccc(-c3ccc(OCCCCCCCC/C=C\CCCCCCCC)cc3)c3nn(CCCCCCCC)nc23)cc1. The van der Waals surface area contributed by atoms with Crippen LogP contribution in [0.1, 0.15) is 239 Å². The van der Waals surface area contributed by atoms with E-state index in [1.165, 1.54) is 199 Å². The molecule has 0 bridgehead atoms. The summed E-state index contributed by atoms with van der Waals surface area (Å²) in [4.78, 5) is 1.94. The molecule has 67 heavy (non-hydrogen) atoms. The van der Waals surface area contributed by atoms with Crippen molar-refractivity contribution < 1.29 is 9.47 Å². The van der Waals surface area contributed by atoms with Gasteiger partial charge in [-0.15, -0.1) is 0 Å². The average molecular weight is 916 g/mol. The van der Waals surface area contributed by atoms with E-state index in [4.69, 9.17) is 19.7 Å². The second kappa shape index (κ2) is 38.0. The van der Waals surface area contributed by atoms with E-state index in [-0.39, 0.29) is 0 Å². The van der Waals surface area contributed by atoms with E-state index in [2.05, 4.69) is 106 Å². The zero-order valence-electron chi connectivity index (χ0n) is 43.4. The summed E-state index contributed by atoms with van der Waals surface area (Å²) in [6, 6.07) is 21.6. The predicted molar refractivity (Wildman–Crippen MR) is 292 cm³/mol. The molecular formula is C62H97N3O2. The standard InChI is InChI=1S/C62H97N3O2/c1-4-7-10-13-16-18-20-22-24-26-28-30-32-34-37-40-53-66-57-46-42-55(43-47-57)59-50-51-60(62-61(59)63-65(64-62)52-39-36-15-12-9-6-3)56-44-48-58(49-45-56)67-54-41-38-35-33-31-29-27-25-23-21-19-17-14-11-8-5-2/h22-25,42-51H,4-21,26-41,52-54H2,1-3H3/b24-22-,25-23-. The molecule has 0 amide bonds. The van der Waals surface area contributed by atoms with Crippen LogP contribution in [0.2, 0.25) is 0 Å². The van der Waals surface area contributed by atoms with Gasteiger partial charge < -0.3 is 9.47 Å². The Hall–Kier alpha value is -3.86. The van der Waals surface area contributed by atoms with Crippen LogP contribution in [0, 0.1) is 0 Å². The van der Waals surface area contributed by atoms with Crippen LogP contribution in [-0.4, -0.2) is 28.2 Å². The molecule has 0 spiro atoms. The first-order valence-corrected chi connectivity index (χ1v) is 28.4. The molecule has 0 radical (unpaired) electrons. The van der Waals surface area contributed by atoms with Crippen LogP contribution in [0.5, 0.6) is 11.5 Å². The number of aromatic nitrogens is 3. The lowest BCUT2D eigenvalue weighted by Crippen LogP contribution is -2.02. The third kappa shape index (κ3) is 24.8.